The van der Waals surface area contributed by atoms with Crippen LogP contribution < -0.4 is 5.14 Å². The monoisotopic (exact) mass is 314 g/mol. The highest BCUT2D eigenvalue weighted by atomic mass is 32.2. The third-order valence-corrected chi connectivity index (χ3v) is 4.96. The summed E-state index contributed by atoms with van der Waals surface area (Å²) < 4.78 is 36.7. The molecule has 1 aliphatic heterocycles. The van der Waals surface area contributed by atoms with E-state index in [0.29, 0.717) is 24.9 Å². The minimum absolute atomic E-state index is 0.0881. The summed E-state index contributed by atoms with van der Waals surface area (Å²) in [6, 6.07) is 2.38. The number of primary sulfonamides is 1. The zero-order valence-corrected chi connectivity index (χ0v) is 13.1. The van der Waals surface area contributed by atoms with Gasteiger partial charge in [0, 0.05) is 18.7 Å². The van der Waals surface area contributed by atoms with Crippen LogP contribution in [0.2, 0.25) is 0 Å². The maximum absolute atomic E-state index is 13.9. The third-order valence-electron chi connectivity index (χ3n) is 4.05. The molecule has 1 saturated heterocycles. The van der Waals surface area contributed by atoms with E-state index in [-0.39, 0.29) is 17.0 Å². The number of halogens is 1. The van der Waals surface area contributed by atoms with Crippen LogP contribution in [0.5, 0.6) is 0 Å². The van der Waals surface area contributed by atoms with Crippen molar-refractivity contribution in [1.82, 2.24) is 4.90 Å². The second kappa shape index (κ2) is 5.38. The van der Waals surface area contributed by atoms with E-state index < -0.39 is 20.7 Å². The van der Waals surface area contributed by atoms with E-state index in [0.717, 1.165) is 6.07 Å². The molecule has 0 spiro atoms. The molecule has 2 N–H and O–H groups in total. The highest BCUT2D eigenvalue weighted by molar-refractivity contribution is 7.89. The van der Waals surface area contributed by atoms with E-state index in [2.05, 4.69) is 13.8 Å². The lowest BCUT2D eigenvalue weighted by atomic mass is 10.0. The molecular formula is C14H19FN2O3S. The van der Waals surface area contributed by atoms with Gasteiger partial charge in [-0.2, -0.15) is 0 Å². The van der Waals surface area contributed by atoms with Crippen LogP contribution in [0.3, 0.4) is 0 Å². The van der Waals surface area contributed by atoms with Gasteiger partial charge in [-0.1, -0.05) is 13.8 Å². The van der Waals surface area contributed by atoms with Crippen molar-refractivity contribution in [2.45, 2.75) is 25.7 Å². The Balaban J connectivity index is 2.42. The Hall–Kier alpha value is -1.47. The standard InChI is InChI=1S/C14H19FN2O3S/c1-8-4-11(5-12(13(8)15)21(16,19)20)14(18)17-6-9(2)10(3)7-17/h4-5,9-10H,6-7H2,1-3H3,(H2,16,19,20). The zero-order valence-electron chi connectivity index (χ0n) is 12.3. The molecule has 1 fully saturated rings. The van der Waals surface area contributed by atoms with Crippen molar-refractivity contribution in [2.24, 2.45) is 17.0 Å². The molecule has 116 valence electrons. The molecular weight excluding hydrogens is 295 g/mol. The lowest BCUT2D eigenvalue weighted by Gasteiger charge is -2.17. The van der Waals surface area contributed by atoms with Gasteiger partial charge in [-0.15, -0.1) is 0 Å². The van der Waals surface area contributed by atoms with Crippen LogP contribution in [0.4, 0.5) is 4.39 Å². The SMILES string of the molecule is Cc1cc(C(=O)N2CC(C)C(C)C2)cc(S(N)(=O)=O)c1F. The largest absolute Gasteiger partial charge is 0.338 e. The summed E-state index contributed by atoms with van der Waals surface area (Å²) in [5.74, 6) is -0.433. The van der Waals surface area contributed by atoms with Gasteiger partial charge in [0.1, 0.15) is 10.7 Å². The molecule has 0 aromatic heterocycles. The minimum Gasteiger partial charge on any atom is -0.338 e. The van der Waals surface area contributed by atoms with Crippen molar-refractivity contribution in [3.63, 3.8) is 0 Å². The number of amides is 1. The Morgan fingerprint density at radius 1 is 1.29 bits per heavy atom. The number of nitrogens with two attached hydrogens (primary N) is 1. The third kappa shape index (κ3) is 3.08. The number of likely N-dealkylation sites (tertiary alicyclic amines) is 1. The van der Waals surface area contributed by atoms with Gasteiger partial charge in [-0.3, -0.25) is 4.79 Å². The topological polar surface area (TPSA) is 80.5 Å². The molecule has 0 bridgehead atoms. The fraction of sp³-hybridized carbons (Fsp3) is 0.500. The van der Waals surface area contributed by atoms with Gasteiger partial charge in [0.15, 0.2) is 0 Å². The second-order valence-electron chi connectivity index (χ2n) is 5.81. The van der Waals surface area contributed by atoms with Crippen LogP contribution in [-0.2, 0) is 10.0 Å². The van der Waals surface area contributed by atoms with E-state index >= 15 is 0 Å². The Morgan fingerprint density at radius 2 is 1.81 bits per heavy atom. The van der Waals surface area contributed by atoms with Crippen LogP contribution in [0.1, 0.15) is 29.8 Å². The fourth-order valence-corrected chi connectivity index (χ4v) is 3.25. The molecule has 1 amide bonds. The lowest BCUT2D eigenvalue weighted by Crippen LogP contribution is -2.29. The molecule has 1 heterocycles. The van der Waals surface area contributed by atoms with Crippen molar-refractivity contribution >= 4 is 15.9 Å². The minimum atomic E-state index is -4.20. The zero-order chi connectivity index (χ0) is 15.9. The molecule has 0 radical (unpaired) electrons. The summed E-state index contributed by atoms with van der Waals surface area (Å²) in [6.07, 6.45) is 0. The molecule has 0 saturated carbocycles. The molecule has 21 heavy (non-hydrogen) atoms. The van der Waals surface area contributed by atoms with Gasteiger partial charge in [0.05, 0.1) is 0 Å². The lowest BCUT2D eigenvalue weighted by molar-refractivity contribution is 0.0784. The van der Waals surface area contributed by atoms with Crippen LogP contribution >= 0.6 is 0 Å². The first kappa shape index (κ1) is 15.9. The van der Waals surface area contributed by atoms with E-state index in [9.17, 15) is 17.6 Å². The Morgan fingerprint density at radius 3 is 2.29 bits per heavy atom. The number of rotatable bonds is 2. The summed E-state index contributed by atoms with van der Waals surface area (Å²) >= 11 is 0. The van der Waals surface area contributed by atoms with Gasteiger partial charge >= 0.3 is 0 Å². The van der Waals surface area contributed by atoms with Gasteiger partial charge in [0.2, 0.25) is 10.0 Å². The van der Waals surface area contributed by atoms with Crippen molar-refractivity contribution in [1.29, 1.82) is 0 Å². The van der Waals surface area contributed by atoms with Crippen molar-refractivity contribution in [3.05, 3.63) is 29.1 Å². The van der Waals surface area contributed by atoms with Crippen LogP contribution in [-0.4, -0.2) is 32.3 Å². The predicted octanol–water partition coefficient (Wildman–Crippen LogP) is 1.51. The number of sulfonamides is 1. The second-order valence-corrected chi connectivity index (χ2v) is 7.34. The van der Waals surface area contributed by atoms with Crippen molar-refractivity contribution in [2.75, 3.05) is 13.1 Å². The van der Waals surface area contributed by atoms with Crippen LogP contribution in [0.25, 0.3) is 0 Å². The number of carbonyl (C=O) groups is 1. The quantitative estimate of drug-likeness (QED) is 0.898. The first-order valence-corrected chi connectivity index (χ1v) is 8.28. The van der Waals surface area contributed by atoms with E-state index in [1.54, 1.807) is 4.90 Å². The Kier molecular flexibility index (Phi) is 4.08. The van der Waals surface area contributed by atoms with Gasteiger partial charge in [0.25, 0.3) is 5.91 Å². The average molecular weight is 314 g/mol. The van der Waals surface area contributed by atoms with Gasteiger partial charge < -0.3 is 4.90 Å². The molecule has 0 aliphatic carbocycles. The smallest absolute Gasteiger partial charge is 0.253 e. The number of hydrogen-bond donors (Lipinski definition) is 1. The van der Waals surface area contributed by atoms with Crippen molar-refractivity contribution < 1.29 is 17.6 Å². The summed E-state index contributed by atoms with van der Waals surface area (Å²) in [6.45, 7) is 6.76. The van der Waals surface area contributed by atoms with Gasteiger partial charge in [-0.25, -0.2) is 17.9 Å². The van der Waals surface area contributed by atoms with E-state index in [1.165, 1.54) is 13.0 Å². The van der Waals surface area contributed by atoms with Crippen LogP contribution in [0.15, 0.2) is 17.0 Å². The highest BCUT2D eigenvalue weighted by Gasteiger charge is 2.31. The number of aryl methyl sites for hydroxylation is 1. The number of nitrogens with zero attached hydrogens (tertiary/aromatic N) is 1. The van der Waals surface area contributed by atoms with E-state index in [1.807, 2.05) is 0 Å². The molecule has 2 rings (SSSR count). The summed E-state index contributed by atoms with van der Waals surface area (Å²) in [7, 11) is -4.20. The molecule has 1 aliphatic rings. The van der Waals surface area contributed by atoms with Crippen LogP contribution in [0, 0.1) is 24.6 Å². The normalized spacial score (nSPS) is 22.6. The summed E-state index contributed by atoms with van der Waals surface area (Å²) in [5, 5.41) is 5.00. The first-order chi connectivity index (χ1) is 9.61. The highest BCUT2D eigenvalue weighted by Crippen LogP contribution is 2.26. The molecule has 2 atom stereocenters. The number of benzene rings is 1. The molecule has 7 heteroatoms. The average Bonchev–Trinajstić information content (AvgIpc) is 2.70. The molecule has 5 nitrogen and oxygen atoms in total. The number of hydrogen-bond acceptors (Lipinski definition) is 3. The molecule has 2 unspecified atom stereocenters. The summed E-state index contributed by atoms with van der Waals surface area (Å²) in [4.78, 5) is 13.5. The fourth-order valence-electron chi connectivity index (χ4n) is 2.55. The summed E-state index contributed by atoms with van der Waals surface area (Å²) in [5.41, 5.74) is 0.240. The van der Waals surface area contributed by atoms with Gasteiger partial charge in [-0.05, 0) is 36.5 Å². The molecule has 1 aromatic rings. The first-order valence-electron chi connectivity index (χ1n) is 6.73. The maximum atomic E-state index is 13.9. The molecule has 1 aromatic carbocycles. The predicted molar refractivity (Wildman–Crippen MR) is 76.7 cm³/mol. The maximum Gasteiger partial charge on any atom is 0.253 e. The Labute approximate surface area is 124 Å². The van der Waals surface area contributed by atoms with Crippen molar-refractivity contribution in [3.8, 4) is 0 Å². The number of carbonyl (C=O) groups excluding carboxylic acids is 1. The Bertz CT molecular complexity index is 678. The van der Waals surface area contributed by atoms with E-state index in [4.69, 9.17) is 5.14 Å².